The standard InChI is InChI=1S/C10H13FO3/c1-10(2,13)9-7(11)4-6(14-3)5-8(9)12/h4-5,12-13H,1-3H3. The van der Waals surface area contributed by atoms with Gasteiger partial charge >= 0.3 is 0 Å². The number of phenols is 1. The number of aliphatic hydroxyl groups is 1. The van der Waals surface area contributed by atoms with E-state index in [9.17, 15) is 14.6 Å². The van der Waals surface area contributed by atoms with Gasteiger partial charge in [0.05, 0.1) is 18.3 Å². The first-order valence-electron chi connectivity index (χ1n) is 4.15. The lowest BCUT2D eigenvalue weighted by atomic mass is 9.96. The van der Waals surface area contributed by atoms with Crippen LogP contribution in [0.15, 0.2) is 12.1 Å². The van der Waals surface area contributed by atoms with Crippen LogP contribution in [0.1, 0.15) is 19.4 Å². The molecule has 1 rings (SSSR count). The van der Waals surface area contributed by atoms with E-state index in [0.29, 0.717) is 0 Å². The van der Waals surface area contributed by atoms with E-state index in [4.69, 9.17) is 4.74 Å². The van der Waals surface area contributed by atoms with Gasteiger partial charge in [0.2, 0.25) is 0 Å². The van der Waals surface area contributed by atoms with Gasteiger partial charge < -0.3 is 14.9 Å². The average molecular weight is 200 g/mol. The number of ether oxygens (including phenoxy) is 1. The molecule has 0 heterocycles. The summed E-state index contributed by atoms with van der Waals surface area (Å²) in [5.41, 5.74) is -1.54. The predicted octanol–water partition coefficient (Wildman–Crippen LogP) is 1.77. The van der Waals surface area contributed by atoms with E-state index >= 15 is 0 Å². The lowest BCUT2D eigenvalue weighted by molar-refractivity contribution is 0.0715. The van der Waals surface area contributed by atoms with Crippen LogP contribution in [-0.2, 0) is 5.60 Å². The largest absolute Gasteiger partial charge is 0.507 e. The highest BCUT2D eigenvalue weighted by molar-refractivity contribution is 5.43. The molecule has 4 heteroatoms. The third kappa shape index (κ3) is 1.96. The van der Waals surface area contributed by atoms with Crippen LogP contribution < -0.4 is 4.74 Å². The zero-order valence-corrected chi connectivity index (χ0v) is 8.34. The minimum Gasteiger partial charge on any atom is -0.507 e. The molecule has 14 heavy (non-hydrogen) atoms. The van der Waals surface area contributed by atoms with Gasteiger partial charge in [-0.3, -0.25) is 0 Å². The van der Waals surface area contributed by atoms with Crippen molar-refractivity contribution >= 4 is 0 Å². The molecule has 0 aliphatic rings. The van der Waals surface area contributed by atoms with Crippen LogP contribution in [0.5, 0.6) is 11.5 Å². The van der Waals surface area contributed by atoms with E-state index < -0.39 is 11.4 Å². The van der Waals surface area contributed by atoms with Gasteiger partial charge in [-0.1, -0.05) is 0 Å². The lowest BCUT2D eigenvalue weighted by Gasteiger charge is -2.20. The SMILES string of the molecule is COc1cc(O)c(C(C)(C)O)c(F)c1. The Morgan fingerprint density at radius 1 is 1.36 bits per heavy atom. The maximum absolute atomic E-state index is 13.4. The fourth-order valence-electron chi connectivity index (χ4n) is 1.29. The number of methoxy groups -OCH3 is 1. The molecule has 78 valence electrons. The third-order valence-electron chi connectivity index (χ3n) is 1.89. The smallest absolute Gasteiger partial charge is 0.136 e. The number of halogens is 1. The summed E-state index contributed by atoms with van der Waals surface area (Å²) in [4.78, 5) is 0. The minimum absolute atomic E-state index is 0.127. The minimum atomic E-state index is -1.42. The Bertz CT molecular complexity index is 319. The van der Waals surface area contributed by atoms with Crippen molar-refractivity contribution < 1.29 is 19.3 Å². The van der Waals surface area contributed by atoms with Crippen molar-refractivity contribution in [2.75, 3.05) is 7.11 Å². The quantitative estimate of drug-likeness (QED) is 0.764. The number of phenolic OH excluding ortho intramolecular Hbond substituents is 1. The summed E-state index contributed by atoms with van der Waals surface area (Å²) in [6.07, 6.45) is 0. The molecule has 0 spiro atoms. The molecule has 0 bridgehead atoms. The molecular formula is C10H13FO3. The summed E-state index contributed by atoms with van der Waals surface area (Å²) in [7, 11) is 1.37. The highest BCUT2D eigenvalue weighted by Crippen LogP contribution is 2.34. The maximum Gasteiger partial charge on any atom is 0.136 e. The van der Waals surface area contributed by atoms with Crippen molar-refractivity contribution in [3.8, 4) is 11.5 Å². The first-order chi connectivity index (χ1) is 6.36. The summed E-state index contributed by atoms with van der Waals surface area (Å²) in [6, 6.07) is 2.38. The highest BCUT2D eigenvalue weighted by Gasteiger charge is 2.25. The van der Waals surface area contributed by atoms with Gasteiger partial charge in [0, 0.05) is 12.1 Å². The molecule has 0 fully saturated rings. The van der Waals surface area contributed by atoms with Gasteiger partial charge in [-0.15, -0.1) is 0 Å². The van der Waals surface area contributed by atoms with Crippen LogP contribution in [0.3, 0.4) is 0 Å². The van der Waals surface area contributed by atoms with E-state index in [2.05, 4.69) is 0 Å². The van der Waals surface area contributed by atoms with Crippen LogP contribution in [-0.4, -0.2) is 17.3 Å². The summed E-state index contributed by atoms with van der Waals surface area (Å²) >= 11 is 0. The Balaban J connectivity index is 3.33. The Morgan fingerprint density at radius 2 is 1.93 bits per heavy atom. The Kier molecular flexibility index (Phi) is 2.66. The topological polar surface area (TPSA) is 49.7 Å². The van der Waals surface area contributed by atoms with Gasteiger partial charge in [0.1, 0.15) is 17.3 Å². The second-order valence-corrected chi connectivity index (χ2v) is 3.56. The van der Waals surface area contributed by atoms with Gasteiger partial charge in [0.25, 0.3) is 0 Å². The molecule has 0 aromatic heterocycles. The molecule has 0 saturated carbocycles. The summed E-state index contributed by atoms with van der Waals surface area (Å²) in [5, 5.41) is 19.0. The van der Waals surface area contributed by atoms with Crippen molar-refractivity contribution in [1.29, 1.82) is 0 Å². The zero-order valence-electron chi connectivity index (χ0n) is 8.34. The second kappa shape index (κ2) is 3.46. The van der Waals surface area contributed by atoms with E-state index in [1.54, 1.807) is 0 Å². The Labute approximate surface area is 81.8 Å². The van der Waals surface area contributed by atoms with E-state index in [-0.39, 0.29) is 17.1 Å². The molecule has 0 atom stereocenters. The van der Waals surface area contributed by atoms with Crippen LogP contribution in [0.2, 0.25) is 0 Å². The van der Waals surface area contributed by atoms with Crippen molar-refractivity contribution in [2.45, 2.75) is 19.4 Å². The van der Waals surface area contributed by atoms with Crippen molar-refractivity contribution in [1.82, 2.24) is 0 Å². The molecule has 0 unspecified atom stereocenters. The molecule has 0 radical (unpaired) electrons. The average Bonchev–Trinajstić information content (AvgIpc) is 1.99. The van der Waals surface area contributed by atoms with Gasteiger partial charge in [-0.05, 0) is 13.8 Å². The maximum atomic E-state index is 13.4. The molecule has 1 aromatic rings. The van der Waals surface area contributed by atoms with Crippen molar-refractivity contribution in [2.24, 2.45) is 0 Å². The number of aromatic hydroxyl groups is 1. The third-order valence-corrected chi connectivity index (χ3v) is 1.89. The molecule has 3 nitrogen and oxygen atoms in total. The van der Waals surface area contributed by atoms with Gasteiger partial charge in [-0.2, -0.15) is 0 Å². The summed E-state index contributed by atoms with van der Waals surface area (Å²) in [6.45, 7) is 2.80. The number of rotatable bonds is 2. The number of hydrogen-bond acceptors (Lipinski definition) is 3. The highest BCUT2D eigenvalue weighted by atomic mass is 19.1. The van der Waals surface area contributed by atoms with E-state index in [1.807, 2.05) is 0 Å². The van der Waals surface area contributed by atoms with E-state index in [1.165, 1.54) is 27.0 Å². The second-order valence-electron chi connectivity index (χ2n) is 3.56. The number of benzene rings is 1. The zero-order chi connectivity index (χ0) is 10.9. The Hall–Kier alpha value is -1.29. The van der Waals surface area contributed by atoms with Gasteiger partial charge in [-0.25, -0.2) is 4.39 Å². The molecule has 0 aliphatic carbocycles. The molecule has 2 N–H and O–H groups in total. The van der Waals surface area contributed by atoms with Crippen LogP contribution in [0.25, 0.3) is 0 Å². The van der Waals surface area contributed by atoms with Crippen LogP contribution in [0.4, 0.5) is 4.39 Å². The molecule has 0 amide bonds. The van der Waals surface area contributed by atoms with Crippen LogP contribution in [0, 0.1) is 5.82 Å². The molecule has 1 aromatic carbocycles. The first kappa shape index (κ1) is 10.8. The molecular weight excluding hydrogens is 187 g/mol. The van der Waals surface area contributed by atoms with Crippen LogP contribution >= 0.6 is 0 Å². The first-order valence-corrected chi connectivity index (χ1v) is 4.15. The fraction of sp³-hybridized carbons (Fsp3) is 0.400. The number of hydrogen-bond donors (Lipinski definition) is 2. The fourth-order valence-corrected chi connectivity index (χ4v) is 1.29. The van der Waals surface area contributed by atoms with Gasteiger partial charge in [0.15, 0.2) is 0 Å². The van der Waals surface area contributed by atoms with Crippen molar-refractivity contribution in [3.63, 3.8) is 0 Å². The van der Waals surface area contributed by atoms with E-state index in [0.717, 1.165) is 6.07 Å². The molecule has 0 aliphatic heterocycles. The normalized spacial score (nSPS) is 11.5. The lowest BCUT2D eigenvalue weighted by Crippen LogP contribution is -2.17. The predicted molar refractivity (Wildman–Crippen MR) is 49.9 cm³/mol. The summed E-state index contributed by atoms with van der Waals surface area (Å²) < 4.78 is 18.2. The summed E-state index contributed by atoms with van der Waals surface area (Å²) in [5.74, 6) is -0.781. The van der Waals surface area contributed by atoms with Crippen molar-refractivity contribution in [3.05, 3.63) is 23.5 Å². The molecule has 0 saturated heterocycles. The Morgan fingerprint density at radius 3 is 2.29 bits per heavy atom. The monoisotopic (exact) mass is 200 g/mol.